The van der Waals surface area contributed by atoms with Gasteiger partial charge in [0.25, 0.3) is 5.91 Å². The molecule has 3 aromatic rings. The van der Waals surface area contributed by atoms with Crippen LogP contribution in [0.4, 0.5) is 10.5 Å². The van der Waals surface area contributed by atoms with Crippen molar-refractivity contribution in [2.24, 2.45) is 5.73 Å². The lowest BCUT2D eigenvalue weighted by Gasteiger charge is -2.33. The summed E-state index contributed by atoms with van der Waals surface area (Å²) in [5, 5.41) is 16.7. The Labute approximate surface area is 238 Å². The van der Waals surface area contributed by atoms with E-state index in [1.165, 1.54) is 0 Å². The number of terminal acetylenes is 1. The Balaban J connectivity index is 2.06. The zero-order valence-electron chi connectivity index (χ0n) is 23.0. The number of primary amides is 1. The third kappa shape index (κ3) is 8.07. The molecule has 0 aliphatic heterocycles. The summed E-state index contributed by atoms with van der Waals surface area (Å²) in [4.78, 5) is 53.1. The molecule has 4 amide bonds. The van der Waals surface area contributed by atoms with Gasteiger partial charge in [-0.1, -0.05) is 54.5 Å². The second-order valence-corrected chi connectivity index (χ2v) is 10.2. The fraction of sp³-hybridized carbons (Fsp3) is 0.258. The van der Waals surface area contributed by atoms with Crippen molar-refractivity contribution in [3.8, 4) is 18.4 Å². The first-order chi connectivity index (χ1) is 19.4. The van der Waals surface area contributed by atoms with E-state index in [1.54, 1.807) is 57.2 Å². The van der Waals surface area contributed by atoms with E-state index in [0.717, 1.165) is 15.7 Å². The molecule has 0 aliphatic rings. The molecule has 0 saturated carbocycles. The number of fused-ring (bicyclic) bond motifs is 1. The third-order valence-electron chi connectivity index (χ3n) is 5.91. The van der Waals surface area contributed by atoms with Crippen molar-refractivity contribution < 1.29 is 23.9 Å². The highest BCUT2D eigenvalue weighted by molar-refractivity contribution is 6.01. The van der Waals surface area contributed by atoms with Crippen LogP contribution in [0.3, 0.4) is 0 Å². The van der Waals surface area contributed by atoms with E-state index in [1.807, 2.05) is 36.4 Å². The van der Waals surface area contributed by atoms with Crippen LogP contribution in [0.1, 0.15) is 44.4 Å². The van der Waals surface area contributed by atoms with E-state index in [-0.39, 0.29) is 5.56 Å². The van der Waals surface area contributed by atoms with E-state index >= 15 is 0 Å². The SMILES string of the molecule is C#Cc1ccccc1C(C(=O)Nc1ccc2ccccc2c1)N(CC#N)C(=O)C(CC(N)=O)NC(=O)OC(C)(C)C. The maximum absolute atomic E-state index is 13.9. The van der Waals surface area contributed by atoms with Gasteiger partial charge in [-0.3, -0.25) is 14.4 Å². The van der Waals surface area contributed by atoms with Crippen LogP contribution in [0.15, 0.2) is 66.7 Å². The molecular formula is C31H31N5O5. The highest BCUT2D eigenvalue weighted by Gasteiger charge is 2.38. The van der Waals surface area contributed by atoms with E-state index in [0.29, 0.717) is 11.3 Å². The summed E-state index contributed by atoms with van der Waals surface area (Å²) in [5.74, 6) is 0.0520. The second-order valence-electron chi connectivity index (χ2n) is 10.2. The number of rotatable bonds is 9. The summed E-state index contributed by atoms with van der Waals surface area (Å²) >= 11 is 0. The largest absolute Gasteiger partial charge is 0.444 e. The predicted octanol–water partition coefficient (Wildman–Crippen LogP) is 3.62. The lowest BCUT2D eigenvalue weighted by atomic mass is 9.97. The number of hydrogen-bond donors (Lipinski definition) is 3. The number of alkyl carbamates (subject to hydrolysis) is 1. The molecule has 10 nitrogen and oxygen atoms in total. The molecule has 0 aliphatic carbocycles. The van der Waals surface area contributed by atoms with Gasteiger partial charge in [-0.15, -0.1) is 6.42 Å². The number of anilines is 1. The molecule has 41 heavy (non-hydrogen) atoms. The molecule has 3 rings (SSSR count). The first-order valence-corrected chi connectivity index (χ1v) is 12.7. The number of benzene rings is 3. The predicted molar refractivity (Wildman–Crippen MR) is 154 cm³/mol. The molecule has 2 atom stereocenters. The zero-order chi connectivity index (χ0) is 30.2. The van der Waals surface area contributed by atoms with Crippen LogP contribution in [-0.4, -0.2) is 46.9 Å². The third-order valence-corrected chi connectivity index (χ3v) is 5.91. The average molecular weight is 554 g/mol. The van der Waals surface area contributed by atoms with E-state index in [4.69, 9.17) is 16.9 Å². The highest BCUT2D eigenvalue weighted by atomic mass is 16.6. The molecule has 4 N–H and O–H groups in total. The maximum atomic E-state index is 13.9. The number of amides is 4. The number of carbonyl (C=O) groups is 4. The Kier molecular flexibility index (Phi) is 9.67. The standard InChI is InChI=1S/C31H31N5O5/c1-5-20-10-8-9-13-24(20)27(28(38)34-23-15-14-21-11-6-7-12-22(21)18-23)36(17-16-32)29(39)25(19-26(33)37)35-30(40)41-31(2,3)4/h1,6-15,18,25,27H,17,19H2,2-4H3,(H2,33,37)(H,34,38)(H,35,40). The highest BCUT2D eigenvalue weighted by Crippen LogP contribution is 2.28. The zero-order valence-corrected chi connectivity index (χ0v) is 23.0. The van der Waals surface area contributed by atoms with Crippen molar-refractivity contribution in [3.63, 3.8) is 0 Å². The van der Waals surface area contributed by atoms with Crippen molar-refractivity contribution in [2.45, 2.75) is 44.9 Å². The fourth-order valence-corrected chi connectivity index (χ4v) is 4.22. The number of ether oxygens (including phenoxy) is 1. The summed E-state index contributed by atoms with van der Waals surface area (Å²) in [6, 6.07) is 18.3. The van der Waals surface area contributed by atoms with Crippen LogP contribution in [0.25, 0.3) is 10.8 Å². The van der Waals surface area contributed by atoms with Gasteiger partial charge in [0.15, 0.2) is 0 Å². The molecule has 0 bridgehead atoms. The van der Waals surface area contributed by atoms with Crippen LogP contribution < -0.4 is 16.4 Å². The minimum Gasteiger partial charge on any atom is -0.444 e. The summed E-state index contributed by atoms with van der Waals surface area (Å²) in [6.07, 6.45) is 4.14. The van der Waals surface area contributed by atoms with E-state index < -0.39 is 54.5 Å². The van der Waals surface area contributed by atoms with Gasteiger partial charge in [0.1, 0.15) is 24.2 Å². The number of nitrogens with zero attached hydrogens (tertiary/aromatic N) is 2. The molecule has 3 aromatic carbocycles. The van der Waals surface area contributed by atoms with Crippen LogP contribution in [-0.2, 0) is 19.1 Å². The number of nitrogens with two attached hydrogens (primary N) is 1. The Bertz CT molecular complexity index is 1550. The molecular weight excluding hydrogens is 522 g/mol. The molecule has 10 heteroatoms. The smallest absolute Gasteiger partial charge is 0.408 e. The minimum atomic E-state index is -1.52. The van der Waals surface area contributed by atoms with Gasteiger partial charge in [-0.25, -0.2) is 4.79 Å². The van der Waals surface area contributed by atoms with Crippen molar-refractivity contribution in [1.29, 1.82) is 5.26 Å². The number of hydrogen-bond acceptors (Lipinski definition) is 6. The quantitative estimate of drug-likeness (QED) is 0.272. The molecule has 2 unspecified atom stereocenters. The summed E-state index contributed by atoms with van der Waals surface area (Å²) in [5.41, 5.74) is 5.51. The van der Waals surface area contributed by atoms with Crippen molar-refractivity contribution in [2.75, 3.05) is 11.9 Å². The van der Waals surface area contributed by atoms with Gasteiger partial charge in [-0.2, -0.15) is 5.26 Å². The Morgan fingerprint density at radius 2 is 1.68 bits per heavy atom. The summed E-state index contributed by atoms with van der Waals surface area (Å²) in [6.45, 7) is 4.31. The normalized spacial score (nSPS) is 12.2. The van der Waals surface area contributed by atoms with Crippen LogP contribution in [0.2, 0.25) is 0 Å². The molecule has 0 fully saturated rings. The van der Waals surface area contributed by atoms with Crippen LogP contribution in [0.5, 0.6) is 0 Å². The Morgan fingerprint density at radius 1 is 1.02 bits per heavy atom. The molecule has 210 valence electrons. The molecule has 0 saturated heterocycles. The molecule has 0 spiro atoms. The summed E-state index contributed by atoms with van der Waals surface area (Å²) in [7, 11) is 0. The number of nitriles is 1. The molecule has 0 radical (unpaired) electrons. The lowest BCUT2D eigenvalue weighted by Crippen LogP contribution is -2.53. The first-order valence-electron chi connectivity index (χ1n) is 12.7. The monoisotopic (exact) mass is 553 g/mol. The Hall–Kier alpha value is -5.35. The summed E-state index contributed by atoms with van der Waals surface area (Å²) < 4.78 is 5.24. The van der Waals surface area contributed by atoms with Gasteiger partial charge < -0.3 is 26.0 Å². The maximum Gasteiger partial charge on any atom is 0.408 e. The molecule has 0 aromatic heterocycles. The van der Waals surface area contributed by atoms with Gasteiger partial charge in [0.2, 0.25) is 11.8 Å². The van der Waals surface area contributed by atoms with Crippen LogP contribution >= 0.6 is 0 Å². The van der Waals surface area contributed by atoms with Crippen molar-refractivity contribution >= 4 is 40.3 Å². The Morgan fingerprint density at radius 3 is 2.32 bits per heavy atom. The van der Waals surface area contributed by atoms with Crippen LogP contribution in [0, 0.1) is 23.7 Å². The second kappa shape index (κ2) is 13.1. The molecule has 0 heterocycles. The van der Waals surface area contributed by atoms with Crippen molar-refractivity contribution in [3.05, 3.63) is 77.9 Å². The van der Waals surface area contributed by atoms with Gasteiger partial charge in [0.05, 0.1) is 12.5 Å². The first kappa shape index (κ1) is 30.2. The van der Waals surface area contributed by atoms with Gasteiger partial charge in [0, 0.05) is 11.3 Å². The fourth-order valence-electron chi connectivity index (χ4n) is 4.22. The number of carbonyl (C=O) groups excluding carboxylic acids is 4. The average Bonchev–Trinajstić information content (AvgIpc) is 2.91. The van der Waals surface area contributed by atoms with E-state index in [2.05, 4.69) is 16.6 Å². The topological polar surface area (TPSA) is 155 Å². The van der Waals surface area contributed by atoms with Gasteiger partial charge in [-0.05, 0) is 55.3 Å². The lowest BCUT2D eigenvalue weighted by molar-refractivity contribution is -0.141. The van der Waals surface area contributed by atoms with E-state index in [9.17, 15) is 24.4 Å². The number of nitrogens with one attached hydrogen (secondary N) is 2. The minimum absolute atomic E-state index is 0.270. The van der Waals surface area contributed by atoms with Gasteiger partial charge >= 0.3 is 6.09 Å². The van der Waals surface area contributed by atoms with Crippen molar-refractivity contribution in [1.82, 2.24) is 10.2 Å².